The number of carbonyl (C=O) groups is 3. The Bertz CT molecular complexity index is 1040. The normalized spacial score (nSPS) is 16.1. The Kier molecular flexibility index (Phi) is 5.78. The maximum Gasteiger partial charge on any atom is 0.322 e. The average Bonchev–Trinajstić information content (AvgIpc) is 2.99. The number of carbonyl (C=O) groups excluding carboxylic acids is 3. The van der Waals surface area contributed by atoms with Crippen LogP contribution in [0.25, 0.3) is 0 Å². The Morgan fingerprint density at radius 1 is 1.00 bits per heavy atom. The zero-order valence-corrected chi connectivity index (χ0v) is 15.8. The summed E-state index contributed by atoms with van der Waals surface area (Å²) < 4.78 is 39.8. The summed E-state index contributed by atoms with van der Waals surface area (Å²) in [5.41, 5.74) is 0.692. The van der Waals surface area contributed by atoms with Crippen molar-refractivity contribution in [3.05, 3.63) is 54.3 Å². The highest BCUT2D eigenvalue weighted by Crippen LogP contribution is 2.19. The minimum absolute atomic E-state index is 0.0112. The minimum atomic E-state index is -3.87. The van der Waals surface area contributed by atoms with Gasteiger partial charge in [0.1, 0.15) is 11.9 Å². The van der Waals surface area contributed by atoms with Gasteiger partial charge in [-0.3, -0.25) is 19.6 Å². The molecule has 4 N–H and O–H groups in total. The van der Waals surface area contributed by atoms with E-state index in [4.69, 9.17) is 0 Å². The van der Waals surface area contributed by atoms with Crippen LogP contribution < -0.4 is 20.7 Å². The molecular weight excluding hydrogens is 403 g/mol. The van der Waals surface area contributed by atoms with Crippen molar-refractivity contribution in [3.8, 4) is 0 Å². The summed E-state index contributed by atoms with van der Waals surface area (Å²) >= 11 is 0. The average molecular weight is 420 g/mol. The highest BCUT2D eigenvalue weighted by Gasteiger charge is 2.29. The van der Waals surface area contributed by atoms with Gasteiger partial charge in [-0.05, 0) is 55.0 Å². The van der Waals surface area contributed by atoms with Gasteiger partial charge in [0, 0.05) is 17.8 Å². The van der Waals surface area contributed by atoms with Crippen LogP contribution in [-0.4, -0.2) is 32.3 Å². The fourth-order valence-corrected chi connectivity index (χ4v) is 3.67. The second-order valence-corrected chi connectivity index (χ2v) is 7.92. The molecule has 9 nitrogen and oxygen atoms in total. The zero-order valence-electron chi connectivity index (χ0n) is 14.9. The standard InChI is InChI=1S/C18H17FN4O5S/c19-11-1-7-14(8-2-11)29(27,28)23-13-5-3-12(4-6-13)20-16(24)10-9-15-17(25)22-18(26)21-15/h1-8,15,23H,9-10H2,(H,20,24)(H2,21,22,25,26)/t15-/m1/s1. The third-order valence-corrected chi connectivity index (χ3v) is 5.46. The van der Waals surface area contributed by atoms with Crippen LogP contribution in [-0.2, 0) is 19.6 Å². The monoisotopic (exact) mass is 420 g/mol. The summed E-state index contributed by atoms with van der Waals surface area (Å²) in [6.45, 7) is 0. The molecule has 0 unspecified atom stereocenters. The summed E-state index contributed by atoms with van der Waals surface area (Å²) in [6.07, 6.45) is 0.163. The second-order valence-electron chi connectivity index (χ2n) is 6.24. The number of sulfonamides is 1. The van der Waals surface area contributed by atoms with Gasteiger partial charge in [0.05, 0.1) is 4.90 Å². The number of nitrogens with one attached hydrogen (secondary N) is 4. The molecule has 0 radical (unpaired) electrons. The molecule has 1 aliphatic heterocycles. The van der Waals surface area contributed by atoms with Crippen LogP contribution in [0, 0.1) is 5.82 Å². The molecule has 0 aromatic heterocycles. The molecule has 3 rings (SSSR count). The van der Waals surface area contributed by atoms with Gasteiger partial charge in [-0.15, -0.1) is 0 Å². The summed E-state index contributed by atoms with van der Waals surface area (Å²) in [5, 5.41) is 7.11. The molecule has 29 heavy (non-hydrogen) atoms. The molecule has 0 spiro atoms. The number of benzene rings is 2. The first-order chi connectivity index (χ1) is 13.7. The smallest absolute Gasteiger partial charge is 0.322 e. The first kappa shape index (κ1) is 20.3. The topological polar surface area (TPSA) is 133 Å². The fraction of sp³-hybridized carbons (Fsp3) is 0.167. The van der Waals surface area contributed by atoms with E-state index >= 15 is 0 Å². The number of urea groups is 1. The molecule has 0 bridgehead atoms. The van der Waals surface area contributed by atoms with Crippen LogP contribution in [0.4, 0.5) is 20.6 Å². The molecule has 1 heterocycles. The Balaban J connectivity index is 1.54. The van der Waals surface area contributed by atoms with Crippen LogP contribution in [0.3, 0.4) is 0 Å². The third kappa shape index (κ3) is 5.29. The second kappa shape index (κ2) is 8.27. The van der Waals surface area contributed by atoms with E-state index in [2.05, 4.69) is 20.7 Å². The lowest BCUT2D eigenvalue weighted by Crippen LogP contribution is -2.30. The fourth-order valence-electron chi connectivity index (χ4n) is 2.61. The predicted octanol–water partition coefficient (Wildman–Crippen LogP) is 1.55. The van der Waals surface area contributed by atoms with Gasteiger partial charge in [-0.25, -0.2) is 17.6 Å². The third-order valence-electron chi connectivity index (χ3n) is 4.06. The lowest BCUT2D eigenvalue weighted by molar-refractivity contribution is -0.120. The van der Waals surface area contributed by atoms with Crippen LogP contribution in [0.2, 0.25) is 0 Å². The summed E-state index contributed by atoms with van der Waals surface area (Å²) in [7, 11) is -3.87. The number of hydrogen-bond donors (Lipinski definition) is 4. The lowest BCUT2D eigenvalue weighted by Gasteiger charge is -2.10. The number of anilines is 2. The number of hydrogen-bond acceptors (Lipinski definition) is 5. The summed E-state index contributed by atoms with van der Waals surface area (Å²) in [5.74, 6) is -1.38. The van der Waals surface area contributed by atoms with Crippen molar-refractivity contribution in [2.45, 2.75) is 23.8 Å². The first-order valence-corrected chi connectivity index (χ1v) is 10.0. The molecule has 1 fully saturated rings. The quantitative estimate of drug-likeness (QED) is 0.505. The van der Waals surface area contributed by atoms with Gasteiger partial charge in [0.25, 0.3) is 15.9 Å². The van der Waals surface area contributed by atoms with Crippen molar-refractivity contribution in [2.24, 2.45) is 0 Å². The number of amides is 4. The van der Waals surface area contributed by atoms with Crippen molar-refractivity contribution in [3.63, 3.8) is 0 Å². The molecule has 2 aromatic rings. The van der Waals surface area contributed by atoms with Crippen molar-refractivity contribution in [1.82, 2.24) is 10.6 Å². The van der Waals surface area contributed by atoms with Gasteiger partial charge in [0.15, 0.2) is 0 Å². The molecule has 0 saturated carbocycles. The maximum absolute atomic E-state index is 12.9. The van der Waals surface area contributed by atoms with Gasteiger partial charge in [0.2, 0.25) is 5.91 Å². The van der Waals surface area contributed by atoms with E-state index in [1.54, 1.807) is 0 Å². The summed E-state index contributed by atoms with van der Waals surface area (Å²) in [6, 6.07) is 9.01. The van der Waals surface area contributed by atoms with Crippen LogP contribution in [0.5, 0.6) is 0 Å². The maximum atomic E-state index is 12.9. The van der Waals surface area contributed by atoms with Crippen LogP contribution >= 0.6 is 0 Å². The van der Waals surface area contributed by atoms with Crippen molar-refractivity contribution >= 4 is 39.2 Å². The molecule has 1 aliphatic rings. The van der Waals surface area contributed by atoms with Crippen molar-refractivity contribution in [1.29, 1.82) is 0 Å². The van der Waals surface area contributed by atoms with E-state index < -0.39 is 33.8 Å². The molecule has 2 aromatic carbocycles. The Morgan fingerprint density at radius 2 is 1.62 bits per heavy atom. The molecule has 152 valence electrons. The van der Waals surface area contributed by atoms with Gasteiger partial charge in [-0.2, -0.15) is 0 Å². The predicted molar refractivity (Wildman–Crippen MR) is 102 cm³/mol. The molecule has 4 amide bonds. The largest absolute Gasteiger partial charge is 0.326 e. The Hall–Kier alpha value is -3.47. The zero-order chi connectivity index (χ0) is 21.0. The highest BCUT2D eigenvalue weighted by molar-refractivity contribution is 7.92. The number of halogens is 1. The van der Waals surface area contributed by atoms with Gasteiger partial charge >= 0.3 is 6.03 Å². The van der Waals surface area contributed by atoms with Crippen molar-refractivity contribution < 1.29 is 27.2 Å². The molecular formula is C18H17FN4O5S. The van der Waals surface area contributed by atoms with Gasteiger partial charge < -0.3 is 10.6 Å². The lowest BCUT2D eigenvalue weighted by atomic mass is 10.1. The Morgan fingerprint density at radius 3 is 2.21 bits per heavy atom. The van der Waals surface area contributed by atoms with E-state index in [1.165, 1.54) is 24.3 Å². The van der Waals surface area contributed by atoms with E-state index in [0.717, 1.165) is 24.3 Å². The SMILES string of the molecule is O=C(CC[C@H]1NC(=O)NC1=O)Nc1ccc(NS(=O)(=O)c2ccc(F)cc2)cc1. The van der Waals surface area contributed by atoms with Gasteiger partial charge in [-0.1, -0.05) is 0 Å². The molecule has 1 atom stereocenters. The molecule has 0 aliphatic carbocycles. The van der Waals surface area contributed by atoms with Crippen molar-refractivity contribution in [2.75, 3.05) is 10.0 Å². The van der Waals surface area contributed by atoms with E-state index in [-0.39, 0.29) is 29.3 Å². The number of imide groups is 1. The van der Waals surface area contributed by atoms with E-state index in [1.807, 2.05) is 0 Å². The Labute approximate surface area is 165 Å². The molecule has 1 saturated heterocycles. The van der Waals surface area contributed by atoms with Crippen LogP contribution in [0.1, 0.15) is 12.8 Å². The highest BCUT2D eigenvalue weighted by atomic mass is 32.2. The van der Waals surface area contributed by atoms with E-state index in [9.17, 15) is 27.2 Å². The number of rotatable bonds is 7. The van der Waals surface area contributed by atoms with E-state index in [0.29, 0.717) is 5.69 Å². The first-order valence-electron chi connectivity index (χ1n) is 8.52. The van der Waals surface area contributed by atoms with Crippen LogP contribution in [0.15, 0.2) is 53.4 Å². The summed E-state index contributed by atoms with van der Waals surface area (Å²) in [4.78, 5) is 34.4. The minimum Gasteiger partial charge on any atom is -0.326 e. The molecule has 11 heteroatoms.